The average molecular weight is 363 g/mol. The summed E-state index contributed by atoms with van der Waals surface area (Å²) in [5.41, 5.74) is 1.23. The van der Waals surface area contributed by atoms with E-state index in [1.54, 1.807) is 25.6 Å². The number of methoxy groups -OCH3 is 2. The van der Waals surface area contributed by atoms with Crippen molar-refractivity contribution < 1.29 is 9.47 Å². The van der Waals surface area contributed by atoms with Crippen molar-refractivity contribution in [2.75, 3.05) is 14.2 Å². The Bertz CT molecular complexity index is 766. The fraction of sp³-hybridized carbons (Fsp3) is 0.176. The Balaban J connectivity index is 2.11. The molecule has 2 nitrogen and oxygen atoms in total. The summed E-state index contributed by atoms with van der Waals surface area (Å²) in [4.78, 5) is 1.37. The van der Waals surface area contributed by atoms with Gasteiger partial charge in [0.15, 0.2) is 0 Å². The molecule has 0 fully saturated rings. The highest BCUT2D eigenvalue weighted by atomic mass is 79.9. The molecule has 3 rings (SSSR count). The Hall–Kier alpha value is -1.52. The Morgan fingerprint density at radius 3 is 2.43 bits per heavy atom. The van der Waals surface area contributed by atoms with Gasteiger partial charge in [0.2, 0.25) is 0 Å². The van der Waals surface area contributed by atoms with Crippen LogP contribution in [-0.4, -0.2) is 14.2 Å². The lowest BCUT2D eigenvalue weighted by atomic mass is 10.0. The van der Waals surface area contributed by atoms with Gasteiger partial charge < -0.3 is 9.47 Å². The molecule has 0 saturated carbocycles. The average Bonchev–Trinajstić information content (AvgIpc) is 3.02. The SMILES string of the molecule is COc1csc(C(Br)c2ccc(OC)c3ccccc23)c1. The van der Waals surface area contributed by atoms with Crippen LogP contribution in [0.15, 0.2) is 47.8 Å². The molecule has 0 spiro atoms. The van der Waals surface area contributed by atoms with E-state index in [1.807, 2.05) is 17.5 Å². The number of hydrogen-bond donors (Lipinski definition) is 0. The van der Waals surface area contributed by atoms with Crippen molar-refractivity contribution in [1.29, 1.82) is 0 Å². The summed E-state index contributed by atoms with van der Waals surface area (Å²) < 4.78 is 10.7. The first-order chi connectivity index (χ1) is 10.2. The van der Waals surface area contributed by atoms with Crippen LogP contribution in [0.4, 0.5) is 0 Å². The van der Waals surface area contributed by atoms with Gasteiger partial charge in [0.1, 0.15) is 11.5 Å². The Morgan fingerprint density at radius 2 is 1.76 bits per heavy atom. The molecule has 21 heavy (non-hydrogen) atoms. The number of halogens is 1. The van der Waals surface area contributed by atoms with Gasteiger partial charge in [-0.1, -0.05) is 46.3 Å². The van der Waals surface area contributed by atoms with Gasteiger partial charge in [0.25, 0.3) is 0 Å². The first kappa shape index (κ1) is 14.4. The van der Waals surface area contributed by atoms with E-state index in [9.17, 15) is 0 Å². The molecule has 108 valence electrons. The first-order valence-electron chi connectivity index (χ1n) is 6.56. The minimum atomic E-state index is 0.141. The summed E-state index contributed by atoms with van der Waals surface area (Å²) in [6, 6.07) is 14.5. The molecule has 0 bridgehead atoms. The van der Waals surface area contributed by atoms with Gasteiger partial charge >= 0.3 is 0 Å². The Labute approximate surface area is 136 Å². The van der Waals surface area contributed by atoms with E-state index in [-0.39, 0.29) is 4.83 Å². The molecule has 0 amide bonds. The molecular formula is C17H15BrO2S. The Kier molecular flexibility index (Phi) is 4.17. The van der Waals surface area contributed by atoms with Crippen LogP contribution in [0.2, 0.25) is 0 Å². The summed E-state index contributed by atoms with van der Waals surface area (Å²) in [5, 5.41) is 4.35. The van der Waals surface area contributed by atoms with Crippen LogP contribution in [0.1, 0.15) is 15.3 Å². The minimum Gasteiger partial charge on any atom is -0.496 e. The highest BCUT2D eigenvalue weighted by Crippen LogP contribution is 2.41. The van der Waals surface area contributed by atoms with Gasteiger partial charge in [-0.2, -0.15) is 0 Å². The van der Waals surface area contributed by atoms with Gasteiger partial charge in [-0.3, -0.25) is 0 Å². The molecule has 4 heteroatoms. The van der Waals surface area contributed by atoms with E-state index in [1.165, 1.54) is 15.8 Å². The summed E-state index contributed by atoms with van der Waals surface area (Å²) in [6.07, 6.45) is 0. The minimum absolute atomic E-state index is 0.141. The number of alkyl halides is 1. The molecule has 0 aliphatic carbocycles. The maximum absolute atomic E-state index is 5.46. The van der Waals surface area contributed by atoms with Gasteiger partial charge in [0.05, 0.1) is 19.0 Å². The fourth-order valence-corrected chi connectivity index (χ4v) is 4.12. The quantitative estimate of drug-likeness (QED) is 0.578. The highest BCUT2D eigenvalue weighted by Gasteiger charge is 2.17. The van der Waals surface area contributed by atoms with Crippen LogP contribution < -0.4 is 9.47 Å². The van der Waals surface area contributed by atoms with Crippen molar-refractivity contribution in [2.45, 2.75) is 4.83 Å². The van der Waals surface area contributed by atoms with Gasteiger partial charge in [-0.15, -0.1) is 11.3 Å². The summed E-state index contributed by atoms with van der Waals surface area (Å²) >= 11 is 5.51. The molecule has 1 heterocycles. The van der Waals surface area contributed by atoms with E-state index >= 15 is 0 Å². The highest BCUT2D eigenvalue weighted by molar-refractivity contribution is 9.09. The van der Waals surface area contributed by atoms with Crippen LogP contribution in [-0.2, 0) is 0 Å². The van der Waals surface area contributed by atoms with Crippen molar-refractivity contribution in [3.8, 4) is 11.5 Å². The number of thiophene rings is 1. The number of hydrogen-bond acceptors (Lipinski definition) is 3. The third-order valence-corrected chi connectivity index (χ3v) is 5.76. The number of ether oxygens (including phenoxy) is 2. The van der Waals surface area contributed by atoms with E-state index < -0.39 is 0 Å². The molecule has 2 aromatic carbocycles. The van der Waals surface area contributed by atoms with E-state index in [2.05, 4.69) is 46.3 Å². The zero-order valence-electron chi connectivity index (χ0n) is 11.8. The summed E-state index contributed by atoms with van der Waals surface area (Å²) in [5.74, 6) is 1.80. The summed E-state index contributed by atoms with van der Waals surface area (Å²) in [7, 11) is 3.40. The topological polar surface area (TPSA) is 18.5 Å². The molecule has 0 radical (unpaired) electrons. The van der Waals surface area contributed by atoms with Gasteiger partial charge in [-0.05, 0) is 23.1 Å². The predicted molar refractivity (Wildman–Crippen MR) is 92.1 cm³/mol. The van der Waals surface area contributed by atoms with Gasteiger partial charge in [0, 0.05) is 15.6 Å². The zero-order chi connectivity index (χ0) is 14.8. The van der Waals surface area contributed by atoms with Gasteiger partial charge in [-0.25, -0.2) is 0 Å². The molecule has 0 aliphatic rings. The molecular weight excluding hydrogens is 348 g/mol. The summed E-state index contributed by atoms with van der Waals surface area (Å²) in [6.45, 7) is 0. The Morgan fingerprint density at radius 1 is 1.00 bits per heavy atom. The molecule has 3 aromatic rings. The monoisotopic (exact) mass is 362 g/mol. The molecule has 0 N–H and O–H groups in total. The second-order valence-electron chi connectivity index (χ2n) is 4.65. The lowest BCUT2D eigenvalue weighted by Crippen LogP contribution is -1.94. The van der Waals surface area contributed by atoms with E-state index in [0.29, 0.717) is 0 Å². The maximum atomic E-state index is 5.46. The van der Waals surface area contributed by atoms with Crippen LogP contribution in [0, 0.1) is 0 Å². The molecule has 1 atom stereocenters. The van der Waals surface area contributed by atoms with Crippen molar-refractivity contribution in [1.82, 2.24) is 0 Å². The van der Waals surface area contributed by atoms with Crippen LogP contribution >= 0.6 is 27.3 Å². The van der Waals surface area contributed by atoms with E-state index in [4.69, 9.17) is 9.47 Å². The van der Waals surface area contributed by atoms with Crippen LogP contribution in [0.3, 0.4) is 0 Å². The third-order valence-electron chi connectivity index (χ3n) is 3.49. The third kappa shape index (κ3) is 2.65. The largest absolute Gasteiger partial charge is 0.496 e. The van der Waals surface area contributed by atoms with Crippen LogP contribution in [0.5, 0.6) is 11.5 Å². The maximum Gasteiger partial charge on any atom is 0.129 e. The van der Waals surface area contributed by atoms with Crippen molar-refractivity contribution in [3.63, 3.8) is 0 Å². The van der Waals surface area contributed by atoms with Crippen molar-refractivity contribution in [3.05, 3.63) is 58.3 Å². The zero-order valence-corrected chi connectivity index (χ0v) is 14.2. The lowest BCUT2D eigenvalue weighted by Gasteiger charge is -2.14. The van der Waals surface area contributed by atoms with Crippen molar-refractivity contribution in [2.24, 2.45) is 0 Å². The number of fused-ring (bicyclic) bond motifs is 1. The van der Waals surface area contributed by atoms with Crippen molar-refractivity contribution >= 4 is 38.0 Å². The van der Waals surface area contributed by atoms with Crippen LogP contribution in [0.25, 0.3) is 10.8 Å². The number of rotatable bonds is 4. The molecule has 0 saturated heterocycles. The molecule has 1 unspecified atom stereocenters. The lowest BCUT2D eigenvalue weighted by molar-refractivity contribution is 0.416. The smallest absolute Gasteiger partial charge is 0.129 e. The number of benzene rings is 2. The first-order valence-corrected chi connectivity index (χ1v) is 8.36. The fourth-order valence-electron chi connectivity index (χ4n) is 2.42. The standard InChI is InChI=1S/C17H15BrO2S/c1-19-11-9-16(21-10-11)17(18)14-7-8-15(20-2)13-6-4-3-5-12(13)14/h3-10,17H,1-2H3. The second kappa shape index (κ2) is 6.08. The molecule has 0 aliphatic heterocycles. The second-order valence-corrected chi connectivity index (χ2v) is 6.51. The van der Waals surface area contributed by atoms with E-state index in [0.717, 1.165) is 16.9 Å². The predicted octanol–water partition coefficient (Wildman–Crippen LogP) is 5.40. The normalized spacial score (nSPS) is 12.3. The molecule has 1 aromatic heterocycles.